The van der Waals surface area contributed by atoms with E-state index < -0.39 is 0 Å². The van der Waals surface area contributed by atoms with Crippen LogP contribution >= 0.6 is 0 Å². The first-order chi connectivity index (χ1) is 13.2. The van der Waals surface area contributed by atoms with Gasteiger partial charge in [0.1, 0.15) is 11.5 Å². The molecule has 1 aromatic heterocycles. The molecule has 0 bridgehead atoms. The predicted molar refractivity (Wildman–Crippen MR) is 105 cm³/mol. The summed E-state index contributed by atoms with van der Waals surface area (Å²) in [6.07, 6.45) is 2.60. The summed E-state index contributed by atoms with van der Waals surface area (Å²) in [7, 11) is 3.33. The number of aromatic nitrogens is 1. The molecular weight excluding hydrogens is 340 g/mol. The van der Waals surface area contributed by atoms with Crippen LogP contribution in [0.4, 0.5) is 0 Å². The summed E-state index contributed by atoms with van der Waals surface area (Å²) >= 11 is 0. The number of hydrogen-bond donors (Lipinski definition) is 0. The molecule has 2 aromatic carbocycles. The molecule has 5 nitrogen and oxygen atoms in total. The van der Waals surface area contributed by atoms with Crippen molar-refractivity contribution in [1.29, 1.82) is 0 Å². The van der Waals surface area contributed by atoms with Gasteiger partial charge in [-0.2, -0.15) is 0 Å². The van der Waals surface area contributed by atoms with Gasteiger partial charge in [0.25, 0.3) is 5.91 Å². The van der Waals surface area contributed by atoms with Gasteiger partial charge in [-0.3, -0.25) is 9.78 Å². The van der Waals surface area contributed by atoms with Crippen molar-refractivity contribution < 1.29 is 14.3 Å². The van der Waals surface area contributed by atoms with E-state index in [0.29, 0.717) is 12.1 Å². The third-order valence-corrected chi connectivity index (χ3v) is 5.23. The monoisotopic (exact) mass is 362 g/mol. The fourth-order valence-electron chi connectivity index (χ4n) is 3.81. The molecule has 0 aliphatic carbocycles. The summed E-state index contributed by atoms with van der Waals surface area (Å²) in [6.45, 7) is 1.39. The number of fused-ring (bicyclic) bond motifs is 1. The van der Waals surface area contributed by atoms with E-state index in [0.717, 1.165) is 40.9 Å². The molecule has 0 saturated carbocycles. The lowest BCUT2D eigenvalue weighted by molar-refractivity contribution is 0.0792. The van der Waals surface area contributed by atoms with Gasteiger partial charge in [-0.05, 0) is 36.8 Å². The molecule has 2 heterocycles. The minimum Gasteiger partial charge on any atom is -0.497 e. The molecular formula is C22H22N2O3. The maximum atomic E-state index is 13.2. The van der Waals surface area contributed by atoms with Crippen molar-refractivity contribution >= 4 is 16.8 Å². The number of rotatable bonds is 4. The van der Waals surface area contributed by atoms with E-state index in [4.69, 9.17) is 9.47 Å². The Hall–Kier alpha value is -3.08. The van der Waals surface area contributed by atoms with E-state index in [1.165, 1.54) is 0 Å². The Morgan fingerprint density at radius 1 is 1.11 bits per heavy atom. The second kappa shape index (κ2) is 7.27. The molecule has 3 aromatic rings. The van der Waals surface area contributed by atoms with Gasteiger partial charge < -0.3 is 14.4 Å². The van der Waals surface area contributed by atoms with Crippen LogP contribution in [0, 0.1) is 0 Å². The largest absolute Gasteiger partial charge is 0.497 e. The lowest BCUT2D eigenvalue weighted by Gasteiger charge is -2.19. The number of para-hydroxylation sites is 1. The molecule has 1 atom stereocenters. The first-order valence-corrected chi connectivity index (χ1v) is 9.06. The number of carbonyl (C=O) groups excluding carboxylic acids is 1. The average molecular weight is 362 g/mol. The summed E-state index contributed by atoms with van der Waals surface area (Å²) in [5.74, 6) is 1.92. The maximum absolute atomic E-state index is 13.2. The number of ether oxygens (including phenoxy) is 2. The van der Waals surface area contributed by atoms with Crippen LogP contribution in [0.1, 0.15) is 28.3 Å². The van der Waals surface area contributed by atoms with Crippen LogP contribution in [0.3, 0.4) is 0 Å². The van der Waals surface area contributed by atoms with Crippen LogP contribution in [0.25, 0.3) is 10.9 Å². The molecule has 1 aliphatic heterocycles. The smallest absolute Gasteiger partial charge is 0.254 e. The number of nitrogens with zero attached hydrogens (tertiary/aromatic N) is 2. The van der Waals surface area contributed by atoms with Crippen molar-refractivity contribution in [2.75, 3.05) is 27.3 Å². The van der Waals surface area contributed by atoms with Gasteiger partial charge in [0.05, 0.1) is 25.3 Å². The number of pyridine rings is 1. The molecule has 27 heavy (non-hydrogen) atoms. The number of benzene rings is 2. The molecule has 1 aliphatic rings. The van der Waals surface area contributed by atoms with Gasteiger partial charge in [0, 0.05) is 36.2 Å². The van der Waals surface area contributed by atoms with Gasteiger partial charge in [-0.15, -0.1) is 0 Å². The van der Waals surface area contributed by atoms with E-state index in [1.54, 1.807) is 20.4 Å². The predicted octanol–water partition coefficient (Wildman–Crippen LogP) is 3.88. The van der Waals surface area contributed by atoms with Crippen molar-refractivity contribution in [1.82, 2.24) is 9.88 Å². The lowest BCUT2D eigenvalue weighted by Crippen LogP contribution is -2.28. The third kappa shape index (κ3) is 3.21. The molecule has 1 amide bonds. The highest BCUT2D eigenvalue weighted by atomic mass is 16.5. The Kier molecular flexibility index (Phi) is 4.67. The number of carbonyl (C=O) groups is 1. The van der Waals surface area contributed by atoms with Gasteiger partial charge in [-0.1, -0.05) is 18.2 Å². The first kappa shape index (κ1) is 17.3. The Morgan fingerprint density at radius 2 is 1.96 bits per heavy atom. The van der Waals surface area contributed by atoms with Gasteiger partial charge in [0.2, 0.25) is 0 Å². The maximum Gasteiger partial charge on any atom is 0.254 e. The fraction of sp³-hybridized carbons (Fsp3) is 0.273. The zero-order valence-corrected chi connectivity index (χ0v) is 15.5. The average Bonchev–Trinajstić information content (AvgIpc) is 3.22. The number of methoxy groups -OCH3 is 2. The summed E-state index contributed by atoms with van der Waals surface area (Å²) in [5.41, 5.74) is 2.64. The zero-order valence-electron chi connectivity index (χ0n) is 15.5. The van der Waals surface area contributed by atoms with Crippen molar-refractivity contribution in [3.63, 3.8) is 0 Å². The van der Waals surface area contributed by atoms with E-state index in [2.05, 4.69) is 4.98 Å². The van der Waals surface area contributed by atoms with Crippen LogP contribution in [-0.4, -0.2) is 43.1 Å². The van der Waals surface area contributed by atoms with Crippen molar-refractivity contribution in [2.45, 2.75) is 12.3 Å². The Labute approximate surface area is 158 Å². The van der Waals surface area contributed by atoms with Gasteiger partial charge >= 0.3 is 0 Å². The highest BCUT2D eigenvalue weighted by Gasteiger charge is 2.30. The minimum atomic E-state index is 0.0537. The summed E-state index contributed by atoms with van der Waals surface area (Å²) in [4.78, 5) is 19.4. The highest BCUT2D eigenvalue weighted by Crippen LogP contribution is 2.36. The zero-order chi connectivity index (χ0) is 18.8. The Bertz CT molecular complexity index is 981. The Balaban J connectivity index is 1.60. The van der Waals surface area contributed by atoms with Crippen LogP contribution in [0.5, 0.6) is 11.5 Å². The summed E-state index contributed by atoms with van der Waals surface area (Å²) < 4.78 is 10.9. The third-order valence-electron chi connectivity index (χ3n) is 5.23. The van der Waals surface area contributed by atoms with E-state index in [-0.39, 0.29) is 11.8 Å². The van der Waals surface area contributed by atoms with Crippen molar-refractivity contribution in [2.24, 2.45) is 0 Å². The van der Waals surface area contributed by atoms with Crippen LogP contribution in [0.2, 0.25) is 0 Å². The van der Waals surface area contributed by atoms with Crippen LogP contribution < -0.4 is 9.47 Å². The fourth-order valence-corrected chi connectivity index (χ4v) is 3.81. The second-order valence-electron chi connectivity index (χ2n) is 6.72. The SMILES string of the molecule is COc1ccc(OC)c([C@@H]2CCN(C(=O)c3ccnc4ccccc34)C2)c1. The van der Waals surface area contributed by atoms with Crippen LogP contribution in [-0.2, 0) is 0 Å². The van der Waals surface area contributed by atoms with E-state index in [1.807, 2.05) is 53.4 Å². The number of likely N-dealkylation sites (tertiary alicyclic amines) is 1. The van der Waals surface area contributed by atoms with Crippen molar-refractivity contribution in [3.8, 4) is 11.5 Å². The standard InChI is InChI=1S/C22H22N2O3/c1-26-16-7-8-21(27-2)19(13-16)15-10-12-24(14-15)22(25)18-9-11-23-20-6-4-3-5-17(18)20/h3-9,11,13,15H,10,12,14H2,1-2H3/t15-/m1/s1. The molecule has 1 fully saturated rings. The number of hydrogen-bond acceptors (Lipinski definition) is 4. The second-order valence-corrected chi connectivity index (χ2v) is 6.72. The van der Waals surface area contributed by atoms with Crippen LogP contribution in [0.15, 0.2) is 54.7 Å². The van der Waals surface area contributed by atoms with E-state index in [9.17, 15) is 4.79 Å². The molecule has 4 rings (SSSR count). The van der Waals surface area contributed by atoms with Crippen molar-refractivity contribution in [3.05, 3.63) is 65.9 Å². The highest BCUT2D eigenvalue weighted by molar-refractivity contribution is 6.06. The minimum absolute atomic E-state index is 0.0537. The summed E-state index contributed by atoms with van der Waals surface area (Å²) in [5, 5.41) is 0.896. The first-order valence-electron chi connectivity index (χ1n) is 9.06. The quantitative estimate of drug-likeness (QED) is 0.707. The van der Waals surface area contributed by atoms with Gasteiger partial charge in [0.15, 0.2) is 0 Å². The van der Waals surface area contributed by atoms with E-state index >= 15 is 0 Å². The molecule has 138 valence electrons. The summed E-state index contributed by atoms with van der Waals surface area (Å²) in [6, 6.07) is 15.4. The molecule has 0 N–H and O–H groups in total. The molecule has 0 unspecified atom stereocenters. The molecule has 0 radical (unpaired) electrons. The number of amides is 1. The lowest BCUT2D eigenvalue weighted by atomic mass is 9.97. The molecule has 1 saturated heterocycles. The topological polar surface area (TPSA) is 51.7 Å². The molecule has 0 spiro atoms. The Morgan fingerprint density at radius 3 is 2.78 bits per heavy atom. The normalized spacial score (nSPS) is 16.5. The molecule has 5 heteroatoms. The van der Waals surface area contributed by atoms with Gasteiger partial charge in [-0.25, -0.2) is 0 Å².